The van der Waals surface area contributed by atoms with E-state index in [4.69, 9.17) is 0 Å². The highest BCUT2D eigenvalue weighted by atomic mass is 79.9. The largest absolute Gasteiger partial charge is 0.469 e. The van der Waals surface area contributed by atoms with Gasteiger partial charge in [0.05, 0.1) is 13.5 Å². The molecule has 0 rings (SSSR count). The third-order valence-electron chi connectivity index (χ3n) is 1.58. The minimum Gasteiger partial charge on any atom is -0.469 e. The van der Waals surface area contributed by atoms with Crippen molar-refractivity contribution in [1.82, 2.24) is 0 Å². The second kappa shape index (κ2) is 6.17. The van der Waals surface area contributed by atoms with Crippen molar-refractivity contribution < 1.29 is 14.3 Å². The molecule has 0 aromatic carbocycles. The van der Waals surface area contributed by atoms with Gasteiger partial charge in [0, 0.05) is 17.7 Å². The lowest BCUT2D eigenvalue weighted by molar-refractivity contribution is -0.142. The smallest absolute Gasteiger partial charge is 0.305 e. The van der Waals surface area contributed by atoms with E-state index in [2.05, 4.69) is 20.7 Å². The highest BCUT2D eigenvalue weighted by Crippen LogP contribution is 2.06. The van der Waals surface area contributed by atoms with Gasteiger partial charge >= 0.3 is 5.97 Å². The SMILES string of the molecule is COC(=O)CCC(=O)C(C)CBr. The summed E-state index contributed by atoms with van der Waals surface area (Å²) in [7, 11) is 1.32. The maximum atomic E-state index is 11.2. The summed E-state index contributed by atoms with van der Waals surface area (Å²) < 4.78 is 4.41. The van der Waals surface area contributed by atoms with Gasteiger partial charge in [-0.3, -0.25) is 9.59 Å². The van der Waals surface area contributed by atoms with Crippen LogP contribution in [0.15, 0.2) is 0 Å². The Morgan fingerprint density at radius 3 is 2.42 bits per heavy atom. The Morgan fingerprint density at radius 2 is 2.00 bits per heavy atom. The molecule has 0 aromatic heterocycles. The zero-order valence-electron chi connectivity index (χ0n) is 7.30. The van der Waals surface area contributed by atoms with Crippen LogP contribution in [-0.4, -0.2) is 24.2 Å². The predicted octanol–water partition coefficient (Wildman–Crippen LogP) is 1.54. The van der Waals surface area contributed by atoms with E-state index < -0.39 is 0 Å². The van der Waals surface area contributed by atoms with Crippen LogP contribution in [-0.2, 0) is 14.3 Å². The maximum absolute atomic E-state index is 11.2. The van der Waals surface area contributed by atoms with Crippen LogP contribution < -0.4 is 0 Å². The minimum absolute atomic E-state index is 0.0188. The van der Waals surface area contributed by atoms with E-state index >= 15 is 0 Å². The number of hydrogen-bond acceptors (Lipinski definition) is 3. The van der Waals surface area contributed by atoms with E-state index in [-0.39, 0.29) is 30.5 Å². The third kappa shape index (κ3) is 4.49. The van der Waals surface area contributed by atoms with E-state index in [0.717, 1.165) is 0 Å². The highest BCUT2D eigenvalue weighted by molar-refractivity contribution is 9.09. The van der Waals surface area contributed by atoms with Crippen molar-refractivity contribution >= 4 is 27.7 Å². The van der Waals surface area contributed by atoms with Crippen LogP contribution in [0.4, 0.5) is 0 Å². The van der Waals surface area contributed by atoms with Crippen LogP contribution in [0.2, 0.25) is 0 Å². The Balaban J connectivity index is 3.64. The monoisotopic (exact) mass is 236 g/mol. The molecule has 0 radical (unpaired) electrons. The number of esters is 1. The van der Waals surface area contributed by atoms with Crippen LogP contribution in [0, 0.1) is 5.92 Å². The first kappa shape index (κ1) is 11.6. The molecule has 70 valence electrons. The van der Waals surface area contributed by atoms with Crippen LogP contribution in [0.5, 0.6) is 0 Å². The molecular weight excluding hydrogens is 224 g/mol. The summed E-state index contributed by atoms with van der Waals surface area (Å²) in [5.74, 6) is -0.253. The van der Waals surface area contributed by atoms with E-state index in [0.29, 0.717) is 5.33 Å². The third-order valence-corrected chi connectivity index (χ3v) is 2.56. The second-order valence-corrected chi connectivity index (χ2v) is 3.25. The molecule has 1 unspecified atom stereocenters. The topological polar surface area (TPSA) is 43.4 Å². The number of ketones is 1. The van der Waals surface area contributed by atoms with Crippen molar-refractivity contribution in [2.45, 2.75) is 19.8 Å². The summed E-state index contributed by atoms with van der Waals surface area (Å²) in [6, 6.07) is 0. The van der Waals surface area contributed by atoms with Crippen molar-refractivity contribution in [3.05, 3.63) is 0 Å². The number of carbonyl (C=O) groups is 2. The Bertz CT molecular complexity index is 168. The fourth-order valence-electron chi connectivity index (χ4n) is 0.660. The lowest BCUT2D eigenvalue weighted by Gasteiger charge is -2.04. The summed E-state index contributed by atoms with van der Waals surface area (Å²) in [5.41, 5.74) is 0. The maximum Gasteiger partial charge on any atom is 0.305 e. The number of alkyl halides is 1. The number of methoxy groups -OCH3 is 1. The number of hydrogen-bond donors (Lipinski definition) is 0. The zero-order valence-corrected chi connectivity index (χ0v) is 8.89. The molecule has 0 saturated heterocycles. The number of carbonyl (C=O) groups excluding carboxylic acids is 2. The molecule has 0 heterocycles. The number of rotatable bonds is 5. The van der Waals surface area contributed by atoms with Gasteiger partial charge in [0.25, 0.3) is 0 Å². The number of ether oxygens (including phenoxy) is 1. The van der Waals surface area contributed by atoms with Crippen LogP contribution >= 0.6 is 15.9 Å². The number of Topliss-reactive ketones (excluding diaryl/α,β-unsaturated/α-hetero) is 1. The van der Waals surface area contributed by atoms with Crippen molar-refractivity contribution in [2.75, 3.05) is 12.4 Å². The fourth-order valence-corrected chi connectivity index (χ4v) is 1.02. The highest BCUT2D eigenvalue weighted by Gasteiger charge is 2.12. The summed E-state index contributed by atoms with van der Waals surface area (Å²) in [4.78, 5) is 21.8. The second-order valence-electron chi connectivity index (χ2n) is 2.60. The lowest BCUT2D eigenvalue weighted by atomic mass is 10.1. The fraction of sp³-hybridized carbons (Fsp3) is 0.750. The normalized spacial score (nSPS) is 12.2. The molecule has 0 aliphatic heterocycles. The Morgan fingerprint density at radius 1 is 1.42 bits per heavy atom. The van der Waals surface area contributed by atoms with E-state index in [1.807, 2.05) is 6.92 Å². The summed E-state index contributed by atoms with van der Waals surface area (Å²) in [6.45, 7) is 1.83. The molecule has 0 bridgehead atoms. The summed E-state index contributed by atoms with van der Waals surface area (Å²) in [6.07, 6.45) is 0.464. The quantitative estimate of drug-likeness (QED) is 0.538. The van der Waals surface area contributed by atoms with Crippen molar-refractivity contribution in [1.29, 1.82) is 0 Å². The molecule has 0 aliphatic carbocycles. The predicted molar refractivity (Wildman–Crippen MR) is 49.2 cm³/mol. The van der Waals surface area contributed by atoms with Crippen LogP contribution in [0.1, 0.15) is 19.8 Å². The molecule has 0 fully saturated rings. The first-order chi connectivity index (χ1) is 5.61. The van der Waals surface area contributed by atoms with Gasteiger partial charge in [-0.2, -0.15) is 0 Å². The molecule has 0 N–H and O–H groups in total. The Labute approximate surface area is 80.6 Å². The van der Waals surface area contributed by atoms with Gasteiger partial charge in [0.1, 0.15) is 5.78 Å². The van der Waals surface area contributed by atoms with Crippen molar-refractivity contribution in [3.63, 3.8) is 0 Å². The average molecular weight is 237 g/mol. The molecule has 4 heteroatoms. The standard InChI is InChI=1S/C8H13BrO3/c1-6(5-9)7(10)3-4-8(11)12-2/h6H,3-5H2,1-2H3. The molecule has 0 saturated carbocycles. The van der Waals surface area contributed by atoms with Gasteiger partial charge in [-0.1, -0.05) is 22.9 Å². The van der Waals surface area contributed by atoms with E-state index in [9.17, 15) is 9.59 Å². The van der Waals surface area contributed by atoms with Gasteiger partial charge < -0.3 is 4.74 Å². The van der Waals surface area contributed by atoms with Gasteiger partial charge in [0.15, 0.2) is 0 Å². The van der Waals surface area contributed by atoms with Gasteiger partial charge in [-0.05, 0) is 0 Å². The molecule has 0 aliphatic rings. The first-order valence-electron chi connectivity index (χ1n) is 3.77. The number of halogens is 1. The molecule has 0 amide bonds. The zero-order chi connectivity index (χ0) is 9.56. The molecule has 0 aromatic rings. The summed E-state index contributed by atoms with van der Waals surface area (Å²) in [5, 5.41) is 0.646. The minimum atomic E-state index is -0.329. The average Bonchev–Trinajstić information content (AvgIpc) is 2.11. The molecule has 1 atom stereocenters. The van der Waals surface area contributed by atoms with Crippen molar-refractivity contribution in [3.8, 4) is 0 Å². The Kier molecular flexibility index (Phi) is 5.98. The van der Waals surface area contributed by atoms with E-state index in [1.165, 1.54) is 7.11 Å². The molecule has 12 heavy (non-hydrogen) atoms. The van der Waals surface area contributed by atoms with E-state index in [1.54, 1.807) is 0 Å². The molecular formula is C8H13BrO3. The van der Waals surface area contributed by atoms with Gasteiger partial charge in [-0.15, -0.1) is 0 Å². The van der Waals surface area contributed by atoms with Crippen LogP contribution in [0.25, 0.3) is 0 Å². The Hall–Kier alpha value is -0.380. The van der Waals surface area contributed by atoms with Crippen LogP contribution in [0.3, 0.4) is 0 Å². The molecule has 3 nitrogen and oxygen atoms in total. The van der Waals surface area contributed by atoms with Gasteiger partial charge in [-0.25, -0.2) is 0 Å². The van der Waals surface area contributed by atoms with Gasteiger partial charge in [0.2, 0.25) is 0 Å². The lowest BCUT2D eigenvalue weighted by Crippen LogP contribution is -2.14. The summed E-state index contributed by atoms with van der Waals surface area (Å²) >= 11 is 3.20. The van der Waals surface area contributed by atoms with Crippen molar-refractivity contribution in [2.24, 2.45) is 5.92 Å². The first-order valence-corrected chi connectivity index (χ1v) is 4.89. The molecule has 0 spiro atoms.